The quantitative estimate of drug-likeness (QED) is 0.449. The third-order valence-electron chi connectivity index (χ3n) is 2.42. The molecule has 0 fully saturated rings. The number of ether oxygens (including phenoxy) is 1. The number of benzene rings is 1. The lowest BCUT2D eigenvalue weighted by Crippen LogP contribution is -2.11. The van der Waals surface area contributed by atoms with Crippen LogP contribution in [0, 0.1) is 0 Å². The maximum absolute atomic E-state index is 11.2. The Bertz CT molecular complexity index is 737. The number of carbonyl (C=O) groups excluding carboxylic acids is 2. The number of carbonyl (C=O) groups is 4. The number of phenols is 1. The van der Waals surface area contributed by atoms with Crippen molar-refractivity contribution in [3.63, 3.8) is 0 Å². The van der Waals surface area contributed by atoms with Gasteiger partial charge in [-0.25, -0.2) is 14.4 Å². The van der Waals surface area contributed by atoms with Gasteiger partial charge in [-0.15, -0.1) is 0 Å². The number of nitrogens with one attached hydrogen (secondary N) is 1. The summed E-state index contributed by atoms with van der Waals surface area (Å²) in [5.74, 6) is -3.38. The molecule has 0 saturated heterocycles. The van der Waals surface area contributed by atoms with Crippen molar-refractivity contribution in [2.24, 2.45) is 0 Å². The van der Waals surface area contributed by atoms with Gasteiger partial charge >= 0.3 is 17.9 Å². The van der Waals surface area contributed by atoms with Crippen LogP contribution in [0.1, 0.15) is 17.3 Å². The predicted molar refractivity (Wildman–Crippen MR) is 98.6 cm³/mol. The molecule has 0 atom stereocenters. The van der Waals surface area contributed by atoms with E-state index in [1.807, 2.05) is 0 Å². The smallest absolute Gasteiger partial charge is 0.339 e. The molecule has 9 nitrogen and oxygen atoms in total. The average Bonchev–Trinajstić information content (AvgIpc) is 2.61. The van der Waals surface area contributed by atoms with Gasteiger partial charge in [-0.2, -0.15) is 0 Å². The molecule has 1 aromatic rings. The molecule has 4 N–H and O–H groups in total. The van der Waals surface area contributed by atoms with Gasteiger partial charge in [0.2, 0.25) is 0 Å². The first-order chi connectivity index (χ1) is 12.5. The second-order valence-electron chi connectivity index (χ2n) is 4.54. The molecule has 0 spiro atoms. The summed E-state index contributed by atoms with van der Waals surface area (Å²) < 4.78 is 4.14. The molecular formula is C18H21NO8. The van der Waals surface area contributed by atoms with E-state index in [0.29, 0.717) is 11.3 Å². The first kappa shape index (κ1) is 25.4. The number of aromatic hydroxyl groups is 1. The predicted octanol–water partition coefficient (Wildman–Crippen LogP) is 2.21. The third kappa shape index (κ3) is 12.2. The number of hydrogen-bond acceptors (Lipinski definition) is 6. The summed E-state index contributed by atoms with van der Waals surface area (Å²) in [6.45, 7) is 11.1. The van der Waals surface area contributed by atoms with Gasteiger partial charge in [-0.05, 0) is 19.1 Å². The van der Waals surface area contributed by atoms with E-state index in [9.17, 15) is 24.3 Å². The van der Waals surface area contributed by atoms with Crippen molar-refractivity contribution < 1.29 is 39.2 Å². The Labute approximate surface area is 155 Å². The van der Waals surface area contributed by atoms with Gasteiger partial charge in [0.15, 0.2) is 0 Å². The van der Waals surface area contributed by atoms with E-state index in [1.54, 1.807) is 6.92 Å². The standard InChI is InChI=1S/C11H11NO4.C4H6O2.C3H4O2/c1-6(2)10(14)12-7-3-4-8(11(15)16)9(13)5-7;1-3-4(5)6-2;1-2-3(4)5/h3-5,13H,1H2,2H3,(H,12,14)(H,15,16);3H,1H2,2H3;2H,1H2,(H,4,5). The van der Waals surface area contributed by atoms with E-state index < -0.39 is 23.7 Å². The lowest BCUT2D eigenvalue weighted by atomic mass is 10.2. The Hall–Kier alpha value is -3.88. The number of methoxy groups -OCH3 is 1. The van der Waals surface area contributed by atoms with E-state index in [0.717, 1.165) is 12.2 Å². The summed E-state index contributed by atoms with van der Waals surface area (Å²) >= 11 is 0. The van der Waals surface area contributed by atoms with Crippen molar-refractivity contribution in [2.75, 3.05) is 12.4 Å². The summed E-state index contributed by atoms with van der Waals surface area (Å²) in [5, 5.41) is 28.1. The molecule has 0 unspecified atom stereocenters. The van der Waals surface area contributed by atoms with Crippen LogP contribution in [0.4, 0.5) is 5.69 Å². The summed E-state index contributed by atoms with van der Waals surface area (Å²) in [6, 6.07) is 3.78. The first-order valence-electron chi connectivity index (χ1n) is 7.09. The molecule has 0 heterocycles. The Balaban J connectivity index is 0. The van der Waals surface area contributed by atoms with Crippen molar-refractivity contribution in [1.82, 2.24) is 0 Å². The van der Waals surface area contributed by atoms with Crippen LogP contribution in [0.15, 0.2) is 55.7 Å². The number of amides is 1. The van der Waals surface area contributed by atoms with Gasteiger partial charge in [-0.3, -0.25) is 4.79 Å². The maximum atomic E-state index is 11.2. The van der Waals surface area contributed by atoms with E-state index in [2.05, 4.69) is 29.8 Å². The van der Waals surface area contributed by atoms with Gasteiger partial charge in [0, 0.05) is 29.5 Å². The molecule has 1 rings (SSSR count). The normalized spacial score (nSPS) is 8.37. The summed E-state index contributed by atoms with van der Waals surface area (Å²) in [4.78, 5) is 40.9. The minimum atomic E-state index is -1.23. The van der Waals surface area contributed by atoms with Crippen LogP contribution in [-0.4, -0.2) is 46.2 Å². The van der Waals surface area contributed by atoms with Crippen LogP contribution in [0.2, 0.25) is 0 Å². The lowest BCUT2D eigenvalue weighted by Gasteiger charge is -2.06. The summed E-state index contributed by atoms with van der Waals surface area (Å²) in [6.07, 6.45) is 1.94. The van der Waals surface area contributed by atoms with Crippen molar-refractivity contribution in [3.05, 3.63) is 61.2 Å². The Morgan fingerprint density at radius 2 is 1.63 bits per heavy atom. The Kier molecular flexibility index (Phi) is 12.6. The minimum absolute atomic E-state index is 0.215. The number of carboxylic acids is 2. The second-order valence-corrected chi connectivity index (χ2v) is 4.54. The maximum Gasteiger partial charge on any atom is 0.339 e. The molecule has 0 radical (unpaired) electrons. The second kappa shape index (κ2) is 13.4. The molecule has 1 amide bonds. The van der Waals surface area contributed by atoms with Crippen LogP contribution in [0.25, 0.3) is 0 Å². The summed E-state index contributed by atoms with van der Waals surface area (Å²) in [5.41, 5.74) is 0.422. The molecule has 27 heavy (non-hydrogen) atoms. The minimum Gasteiger partial charge on any atom is -0.507 e. The number of aromatic carboxylic acids is 1. The van der Waals surface area contributed by atoms with Crippen LogP contribution in [-0.2, 0) is 19.1 Å². The number of anilines is 1. The van der Waals surface area contributed by atoms with E-state index in [1.165, 1.54) is 25.3 Å². The fourth-order valence-corrected chi connectivity index (χ4v) is 1.11. The van der Waals surface area contributed by atoms with Crippen LogP contribution < -0.4 is 5.32 Å². The molecule has 9 heteroatoms. The van der Waals surface area contributed by atoms with Crippen molar-refractivity contribution in [2.45, 2.75) is 6.92 Å². The lowest BCUT2D eigenvalue weighted by molar-refractivity contribution is -0.135. The van der Waals surface area contributed by atoms with Crippen LogP contribution >= 0.6 is 0 Å². The monoisotopic (exact) mass is 379 g/mol. The Morgan fingerprint density at radius 3 is 1.89 bits per heavy atom. The fourth-order valence-electron chi connectivity index (χ4n) is 1.11. The highest BCUT2D eigenvalue weighted by molar-refractivity contribution is 6.03. The van der Waals surface area contributed by atoms with E-state index in [4.69, 9.17) is 10.2 Å². The molecule has 0 aromatic heterocycles. The Morgan fingerprint density at radius 1 is 1.11 bits per heavy atom. The van der Waals surface area contributed by atoms with Crippen molar-refractivity contribution >= 4 is 29.5 Å². The molecule has 1 aromatic carbocycles. The number of aliphatic carboxylic acids is 1. The van der Waals surface area contributed by atoms with E-state index >= 15 is 0 Å². The zero-order chi connectivity index (χ0) is 21.6. The topological polar surface area (TPSA) is 150 Å². The largest absolute Gasteiger partial charge is 0.507 e. The molecule has 0 saturated carbocycles. The van der Waals surface area contributed by atoms with E-state index in [-0.39, 0.29) is 11.5 Å². The highest BCUT2D eigenvalue weighted by Crippen LogP contribution is 2.22. The average molecular weight is 379 g/mol. The number of carboxylic acid groups (broad SMARTS) is 2. The fraction of sp³-hybridized carbons (Fsp3) is 0.111. The van der Waals surface area contributed by atoms with Crippen LogP contribution in [0.3, 0.4) is 0 Å². The van der Waals surface area contributed by atoms with Crippen molar-refractivity contribution in [1.29, 1.82) is 0 Å². The van der Waals surface area contributed by atoms with Crippen molar-refractivity contribution in [3.8, 4) is 5.75 Å². The molecule has 0 aliphatic rings. The number of hydrogen-bond donors (Lipinski definition) is 4. The number of esters is 1. The zero-order valence-electron chi connectivity index (χ0n) is 14.9. The highest BCUT2D eigenvalue weighted by Gasteiger charge is 2.10. The molecule has 0 aliphatic heterocycles. The third-order valence-corrected chi connectivity index (χ3v) is 2.42. The summed E-state index contributed by atoms with van der Waals surface area (Å²) in [7, 11) is 1.31. The molecular weight excluding hydrogens is 358 g/mol. The zero-order valence-corrected chi connectivity index (χ0v) is 14.9. The molecule has 0 aliphatic carbocycles. The van der Waals surface area contributed by atoms with Gasteiger partial charge in [0.25, 0.3) is 5.91 Å². The van der Waals surface area contributed by atoms with Gasteiger partial charge in [0.05, 0.1) is 7.11 Å². The highest BCUT2D eigenvalue weighted by atomic mass is 16.5. The van der Waals surface area contributed by atoms with Gasteiger partial charge in [0.1, 0.15) is 11.3 Å². The molecule has 146 valence electrons. The first-order valence-corrected chi connectivity index (χ1v) is 7.09. The number of rotatable bonds is 5. The van der Waals surface area contributed by atoms with Gasteiger partial charge < -0.3 is 25.4 Å². The van der Waals surface area contributed by atoms with Crippen LogP contribution in [0.5, 0.6) is 5.75 Å². The molecule has 0 bridgehead atoms. The SMILES string of the molecule is C=C(C)C(=O)Nc1ccc(C(=O)O)c(O)c1.C=CC(=O)O.C=CC(=O)OC. The van der Waals surface area contributed by atoms with Gasteiger partial charge in [-0.1, -0.05) is 19.7 Å².